The van der Waals surface area contributed by atoms with E-state index in [0.717, 1.165) is 25.7 Å². The van der Waals surface area contributed by atoms with Gasteiger partial charge in [-0.2, -0.15) is 0 Å². The molecule has 0 aromatic heterocycles. The summed E-state index contributed by atoms with van der Waals surface area (Å²) in [4.78, 5) is 24.1. The molecule has 0 bridgehead atoms. The molecule has 5 rings (SSSR count). The van der Waals surface area contributed by atoms with Gasteiger partial charge in [0.05, 0.1) is 0 Å². The Labute approximate surface area is 162 Å². The standard InChI is InChI=1S/C24H31NO2/c1-15-13-18(26)14-17-5-6-19-20(22(15)17)8-10-23(2)21(19)9-12-24(23,25-27)11-7-16-3-4-16/h14-16,19-22H,3-6,8-10,12-13H2,1-2H3/t15?,19-,20?,21?,22?,23+,24?/m1/s1. The summed E-state index contributed by atoms with van der Waals surface area (Å²) < 4.78 is 0. The highest BCUT2D eigenvalue weighted by molar-refractivity contribution is 5.91. The van der Waals surface area contributed by atoms with Crippen molar-refractivity contribution in [1.29, 1.82) is 0 Å². The minimum Gasteiger partial charge on any atom is -0.295 e. The number of carbonyl (C=O) groups is 1. The van der Waals surface area contributed by atoms with Crippen LogP contribution in [-0.2, 0) is 4.79 Å². The molecule has 4 saturated carbocycles. The highest BCUT2D eigenvalue weighted by Gasteiger charge is 2.64. The molecule has 5 unspecified atom stereocenters. The SMILES string of the molecule is CC1CC(=O)C=C2CC[C@@H]3C(CC[C@@]4(C)C3CCC4(C#CC3CC3)N=O)C21. The van der Waals surface area contributed by atoms with Crippen molar-refractivity contribution in [3.05, 3.63) is 16.6 Å². The summed E-state index contributed by atoms with van der Waals surface area (Å²) in [6, 6.07) is 0. The molecule has 0 heterocycles. The second kappa shape index (κ2) is 6.03. The lowest BCUT2D eigenvalue weighted by molar-refractivity contribution is -0.117. The lowest BCUT2D eigenvalue weighted by Crippen LogP contribution is -2.52. The van der Waals surface area contributed by atoms with E-state index in [1.54, 1.807) is 0 Å². The van der Waals surface area contributed by atoms with Gasteiger partial charge >= 0.3 is 0 Å². The Morgan fingerprint density at radius 3 is 2.67 bits per heavy atom. The fourth-order valence-corrected chi connectivity index (χ4v) is 7.46. The Hall–Kier alpha value is -1.43. The number of ketones is 1. The molecule has 4 fully saturated rings. The third kappa shape index (κ3) is 2.51. The summed E-state index contributed by atoms with van der Waals surface area (Å²) in [6.45, 7) is 4.60. The Morgan fingerprint density at radius 1 is 1.11 bits per heavy atom. The first-order valence-corrected chi connectivity index (χ1v) is 11.1. The zero-order valence-corrected chi connectivity index (χ0v) is 16.7. The average molecular weight is 366 g/mol. The normalized spacial score (nSPS) is 48.4. The number of hydrogen-bond acceptors (Lipinski definition) is 3. The largest absolute Gasteiger partial charge is 0.295 e. The van der Waals surface area contributed by atoms with Gasteiger partial charge in [-0.05, 0) is 92.2 Å². The number of nitroso groups, excluding NO2 is 1. The molecule has 0 radical (unpaired) electrons. The van der Waals surface area contributed by atoms with Crippen molar-refractivity contribution in [2.24, 2.45) is 46.1 Å². The minimum atomic E-state index is -0.657. The minimum absolute atomic E-state index is 0.0627. The monoisotopic (exact) mass is 365 g/mol. The molecule has 0 aliphatic heterocycles. The predicted molar refractivity (Wildman–Crippen MR) is 106 cm³/mol. The molecule has 5 aliphatic carbocycles. The third-order valence-corrected chi connectivity index (χ3v) is 9.00. The van der Waals surface area contributed by atoms with Crippen LogP contribution in [0.1, 0.15) is 71.6 Å². The molecule has 0 aromatic carbocycles. The number of allylic oxidation sites excluding steroid dienone is 1. The van der Waals surface area contributed by atoms with Crippen LogP contribution in [0.3, 0.4) is 0 Å². The third-order valence-electron chi connectivity index (χ3n) is 9.00. The highest BCUT2D eigenvalue weighted by Crippen LogP contribution is 2.66. The van der Waals surface area contributed by atoms with Crippen LogP contribution in [0.5, 0.6) is 0 Å². The molecule has 3 heteroatoms. The predicted octanol–water partition coefficient (Wildman–Crippen LogP) is 5.29. The molecule has 0 saturated heterocycles. The summed E-state index contributed by atoms with van der Waals surface area (Å²) in [6.07, 6.45) is 11.5. The first-order valence-electron chi connectivity index (χ1n) is 11.1. The van der Waals surface area contributed by atoms with Crippen LogP contribution in [-0.4, -0.2) is 11.3 Å². The topological polar surface area (TPSA) is 46.5 Å². The van der Waals surface area contributed by atoms with Crippen molar-refractivity contribution in [2.75, 3.05) is 0 Å². The summed E-state index contributed by atoms with van der Waals surface area (Å²) >= 11 is 0. The van der Waals surface area contributed by atoms with E-state index < -0.39 is 5.54 Å². The highest BCUT2D eigenvalue weighted by atomic mass is 16.3. The smallest absolute Gasteiger partial charge is 0.168 e. The van der Waals surface area contributed by atoms with Gasteiger partial charge in [0.1, 0.15) is 0 Å². The zero-order valence-electron chi connectivity index (χ0n) is 16.7. The van der Waals surface area contributed by atoms with Crippen molar-refractivity contribution in [2.45, 2.75) is 77.2 Å². The second-order valence-electron chi connectivity index (χ2n) is 10.4. The van der Waals surface area contributed by atoms with Gasteiger partial charge in [-0.15, -0.1) is 4.91 Å². The van der Waals surface area contributed by atoms with E-state index in [1.807, 2.05) is 6.08 Å². The van der Waals surface area contributed by atoms with Gasteiger partial charge in [0, 0.05) is 17.8 Å². The molecular weight excluding hydrogens is 334 g/mol. The molecule has 0 amide bonds. The summed E-state index contributed by atoms with van der Waals surface area (Å²) in [5.41, 5.74) is 0.706. The van der Waals surface area contributed by atoms with Gasteiger partial charge in [-0.25, -0.2) is 0 Å². The molecule has 0 N–H and O–H groups in total. The van der Waals surface area contributed by atoms with Crippen molar-refractivity contribution < 1.29 is 4.79 Å². The van der Waals surface area contributed by atoms with Crippen LogP contribution in [0.4, 0.5) is 0 Å². The van der Waals surface area contributed by atoms with Crippen LogP contribution in [0.25, 0.3) is 0 Å². The van der Waals surface area contributed by atoms with Gasteiger partial charge in [-0.1, -0.05) is 31.3 Å². The van der Waals surface area contributed by atoms with Gasteiger partial charge < -0.3 is 0 Å². The zero-order chi connectivity index (χ0) is 18.8. The maximum Gasteiger partial charge on any atom is 0.168 e. The molecule has 7 atom stereocenters. The summed E-state index contributed by atoms with van der Waals surface area (Å²) in [5, 5.41) is 3.74. The Kier molecular flexibility index (Phi) is 3.94. The quantitative estimate of drug-likeness (QED) is 0.468. The van der Waals surface area contributed by atoms with Crippen LogP contribution < -0.4 is 0 Å². The molecular formula is C24H31NO2. The van der Waals surface area contributed by atoms with Crippen LogP contribution in [0.15, 0.2) is 16.8 Å². The first kappa shape index (κ1) is 17.7. The van der Waals surface area contributed by atoms with E-state index in [9.17, 15) is 9.70 Å². The van der Waals surface area contributed by atoms with E-state index in [2.05, 4.69) is 30.9 Å². The van der Waals surface area contributed by atoms with Crippen LogP contribution >= 0.6 is 0 Å². The van der Waals surface area contributed by atoms with Gasteiger partial charge in [0.25, 0.3) is 0 Å². The fourth-order valence-electron chi connectivity index (χ4n) is 7.46. The lowest BCUT2D eigenvalue weighted by Gasteiger charge is -2.55. The average Bonchev–Trinajstić information content (AvgIpc) is 3.42. The fraction of sp³-hybridized carbons (Fsp3) is 0.792. The number of rotatable bonds is 1. The number of carbonyl (C=O) groups excluding carboxylic acids is 1. The maximum atomic E-state index is 12.1. The van der Waals surface area contributed by atoms with Crippen molar-refractivity contribution >= 4 is 5.78 Å². The Morgan fingerprint density at radius 2 is 1.93 bits per heavy atom. The van der Waals surface area contributed by atoms with Crippen molar-refractivity contribution in [3.8, 4) is 11.8 Å². The van der Waals surface area contributed by atoms with E-state index in [4.69, 9.17) is 0 Å². The van der Waals surface area contributed by atoms with E-state index >= 15 is 0 Å². The Bertz CT molecular complexity index is 769. The first-order chi connectivity index (χ1) is 13.0. The Balaban J connectivity index is 1.47. The number of fused-ring (bicyclic) bond motifs is 5. The maximum absolute atomic E-state index is 12.1. The number of nitrogens with zero attached hydrogens (tertiary/aromatic N) is 1. The molecule has 5 aliphatic rings. The van der Waals surface area contributed by atoms with Crippen LogP contribution in [0.2, 0.25) is 0 Å². The van der Waals surface area contributed by atoms with Gasteiger partial charge in [0.15, 0.2) is 11.3 Å². The van der Waals surface area contributed by atoms with E-state index in [1.165, 1.54) is 31.3 Å². The molecule has 3 nitrogen and oxygen atoms in total. The molecule has 27 heavy (non-hydrogen) atoms. The van der Waals surface area contributed by atoms with Crippen molar-refractivity contribution in [3.63, 3.8) is 0 Å². The molecule has 144 valence electrons. The van der Waals surface area contributed by atoms with Gasteiger partial charge in [0.2, 0.25) is 0 Å². The van der Waals surface area contributed by atoms with Crippen LogP contribution in [0, 0.1) is 57.7 Å². The summed E-state index contributed by atoms with van der Waals surface area (Å²) in [7, 11) is 0. The summed E-state index contributed by atoms with van der Waals surface area (Å²) in [5.74, 6) is 10.6. The lowest BCUT2D eigenvalue weighted by atomic mass is 9.49. The van der Waals surface area contributed by atoms with E-state index in [-0.39, 0.29) is 5.41 Å². The molecule has 0 aromatic rings. The van der Waals surface area contributed by atoms with Crippen molar-refractivity contribution in [1.82, 2.24) is 0 Å². The molecule has 0 spiro atoms. The van der Waals surface area contributed by atoms with Gasteiger partial charge in [-0.3, -0.25) is 4.79 Å². The van der Waals surface area contributed by atoms with E-state index in [0.29, 0.717) is 47.7 Å². The second-order valence-corrected chi connectivity index (χ2v) is 10.4. The number of hydrogen-bond donors (Lipinski definition) is 0.